The van der Waals surface area contributed by atoms with Crippen molar-refractivity contribution in [2.75, 3.05) is 7.11 Å². The van der Waals surface area contributed by atoms with Crippen molar-refractivity contribution in [2.45, 2.75) is 18.5 Å². The van der Waals surface area contributed by atoms with E-state index in [4.69, 9.17) is 16.3 Å². The van der Waals surface area contributed by atoms with Crippen LogP contribution in [-0.4, -0.2) is 24.1 Å². The third-order valence-electron chi connectivity index (χ3n) is 4.60. The van der Waals surface area contributed by atoms with Gasteiger partial charge in [-0.2, -0.15) is 0 Å². The van der Waals surface area contributed by atoms with Crippen molar-refractivity contribution in [3.05, 3.63) is 70.4 Å². The normalized spacial score (nSPS) is 19.9. The molecule has 2 N–H and O–H groups in total. The lowest BCUT2D eigenvalue weighted by atomic mass is 9.90. The molecule has 1 aromatic heterocycles. The highest BCUT2D eigenvalue weighted by Gasteiger charge is 2.34. The number of aromatic amines is 1. The van der Waals surface area contributed by atoms with Gasteiger partial charge < -0.3 is 9.72 Å². The number of carbonyl (C=O) groups is 1. The standard InChI is InChI=1S/C19H17ClN2O2/c1-24-19(23)16-10-14-13-4-2-3-5-15(13)21-18(14)17(22-16)11-6-8-12(20)9-7-11/h2-9,16-17,21-22H,10H2,1H3/t16-,17?/m1/s1. The molecule has 0 saturated carbocycles. The molecule has 2 aromatic carbocycles. The van der Waals surface area contributed by atoms with Crippen LogP contribution in [0.25, 0.3) is 10.9 Å². The largest absolute Gasteiger partial charge is 0.468 e. The highest BCUT2D eigenvalue weighted by Crippen LogP contribution is 2.35. The highest BCUT2D eigenvalue weighted by molar-refractivity contribution is 6.30. The second kappa shape index (κ2) is 5.96. The van der Waals surface area contributed by atoms with E-state index in [1.165, 1.54) is 12.7 Å². The molecule has 2 heterocycles. The number of hydrogen-bond acceptors (Lipinski definition) is 3. The van der Waals surface area contributed by atoms with Crippen molar-refractivity contribution in [1.82, 2.24) is 10.3 Å². The van der Waals surface area contributed by atoms with Crippen LogP contribution in [0.1, 0.15) is 22.9 Å². The topological polar surface area (TPSA) is 54.1 Å². The number of esters is 1. The first kappa shape index (κ1) is 15.2. The van der Waals surface area contributed by atoms with E-state index in [1.54, 1.807) is 0 Å². The highest BCUT2D eigenvalue weighted by atomic mass is 35.5. The Morgan fingerprint density at radius 2 is 1.92 bits per heavy atom. The molecule has 0 saturated heterocycles. The monoisotopic (exact) mass is 340 g/mol. The molecule has 0 aliphatic carbocycles. The van der Waals surface area contributed by atoms with Crippen molar-refractivity contribution in [2.24, 2.45) is 0 Å². The number of halogens is 1. The molecule has 1 aliphatic rings. The molecule has 0 spiro atoms. The number of rotatable bonds is 2. The minimum atomic E-state index is -0.373. The predicted octanol–water partition coefficient (Wildman–Crippen LogP) is 3.60. The Bertz CT molecular complexity index is 901. The van der Waals surface area contributed by atoms with Gasteiger partial charge in [-0.25, -0.2) is 0 Å². The van der Waals surface area contributed by atoms with Crippen LogP contribution in [0.5, 0.6) is 0 Å². The van der Waals surface area contributed by atoms with Crippen LogP contribution >= 0.6 is 11.6 Å². The molecule has 122 valence electrons. The Hall–Kier alpha value is -2.30. The van der Waals surface area contributed by atoms with Gasteiger partial charge in [0.1, 0.15) is 6.04 Å². The summed E-state index contributed by atoms with van der Waals surface area (Å²) in [6.07, 6.45) is 0.607. The van der Waals surface area contributed by atoms with Crippen LogP contribution in [0, 0.1) is 0 Å². The number of para-hydroxylation sites is 1. The Kier molecular flexibility index (Phi) is 3.79. The fourth-order valence-corrected chi connectivity index (χ4v) is 3.57. The Morgan fingerprint density at radius 3 is 2.67 bits per heavy atom. The van der Waals surface area contributed by atoms with E-state index < -0.39 is 0 Å². The maximum atomic E-state index is 12.1. The Labute approximate surface area is 144 Å². The Balaban J connectivity index is 1.86. The molecule has 0 radical (unpaired) electrons. The van der Waals surface area contributed by atoms with Gasteiger partial charge in [-0.05, 0) is 29.3 Å². The number of hydrogen-bond donors (Lipinski definition) is 2. The third kappa shape index (κ3) is 2.48. The number of aromatic nitrogens is 1. The van der Waals surface area contributed by atoms with Gasteiger partial charge in [-0.15, -0.1) is 0 Å². The third-order valence-corrected chi connectivity index (χ3v) is 4.85. The molecule has 0 bridgehead atoms. The maximum absolute atomic E-state index is 12.1. The van der Waals surface area contributed by atoms with Crippen LogP contribution in [0.3, 0.4) is 0 Å². The van der Waals surface area contributed by atoms with Crippen molar-refractivity contribution < 1.29 is 9.53 Å². The van der Waals surface area contributed by atoms with Crippen LogP contribution in [0.2, 0.25) is 5.02 Å². The summed E-state index contributed by atoms with van der Waals surface area (Å²) >= 11 is 6.01. The first-order valence-corrected chi connectivity index (χ1v) is 8.24. The number of carbonyl (C=O) groups excluding carboxylic acids is 1. The average Bonchev–Trinajstić information content (AvgIpc) is 2.99. The number of nitrogens with one attached hydrogen (secondary N) is 2. The number of methoxy groups -OCH3 is 1. The first-order chi connectivity index (χ1) is 11.7. The molecule has 2 atom stereocenters. The lowest BCUT2D eigenvalue weighted by Crippen LogP contribution is -2.45. The summed E-state index contributed by atoms with van der Waals surface area (Å²) in [4.78, 5) is 15.7. The number of H-pyrrole nitrogens is 1. The van der Waals surface area contributed by atoms with Gasteiger partial charge in [-0.3, -0.25) is 10.1 Å². The minimum absolute atomic E-state index is 0.109. The average molecular weight is 341 g/mol. The van der Waals surface area contributed by atoms with E-state index in [0.29, 0.717) is 11.4 Å². The summed E-state index contributed by atoms with van der Waals surface area (Å²) in [5, 5.41) is 5.25. The molecule has 4 rings (SSSR count). The second-order valence-electron chi connectivity index (χ2n) is 5.99. The van der Waals surface area contributed by atoms with Crippen LogP contribution in [0.4, 0.5) is 0 Å². The molecule has 1 unspecified atom stereocenters. The minimum Gasteiger partial charge on any atom is -0.468 e. The van der Waals surface area contributed by atoms with E-state index in [1.807, 2.05) is 36.4 Å². The van der Waals surface area contributed by atoms with E-state index in [0.717, 1.165) is 22.2 Å². The molecule has 24 heavy (non-hydrogen) atoms. The van der Waals surface area contributed by atoms with Crippen molar-refractivity contribution in [3.63, 3.8) is 0 Å². The smallest absolute Gasteiger partial charge is 0.323 e. The van der Waals surface area contributed by atoms with Crippen LogP contribution < -0.4 is 5.32 Å². The summed E-state index contributed by atoms with van der Waals surface area (Å²) in [6, 6.07) is 15.4. The second-order valence-corrected chi connectivity index (χ2v) is 6.43. The molecular formula is C19H17ClN2O2. The molecule has 1 aliphatic heterocycles. The predicted molar refractivity (Wildman–Crippen MR) is 94.2 cm³/mol. The molecule has 4 nitrogen and oxygen atoms in total. The fourth-order valence-electron chi connectivity index (χ4n) is 3.45. The lowest BCUT2D eigenvalue weighted by Gasteiger charge is -2.30. The van der Waals surface area contributed by atoms with Gasteiger partial charge in [0, 0.05) is 28.0 Å². The molecular weight excluding hydrogens is 324 g/mol. The van der Waals surface area contributed by atoms with Gasteiger partial charge in [0.25, 0.3) is 0 Å². The van der Waals surface area contributed by atoms with Gasteiger partial charge in [-0.1, -0.05) is 41.9 Å². The zero-order valence-electron chi connectivity index (χ0n) is 13.2. The van der Waals surface area contributed by atoms with Gasteiger partial charge in [0.05, 0.1) is 13.2 Å². The molecule has 3 aromatic rings. The molecule has 0 fully saturated rings. The summed E-state index contributed by atoms with van der Waals surface area (Å²) in [5.74, 6) is -0.245. The van der Waals surface area contributed by atoms with Crippen molar-refractivity contribution in [1.29, 1.82) is 0 Å². The quantitative estimate of drug-likeness (QED) is 0.701. The number of benzene rings is 2. The molecule has 0 amide bonds. The van der Waals surface area contributed by atoms with Crippen LogP contribution in [0.15, 0.2) is 48.5 Å². The molecule has 5 heteroatoms. The van der Waals surface area contributed by atoms with Crippen LogP contribution in [-0.2, 0) is 16.0 Å². The maximum Gasteiger partial charge on any atom is 0.323 e. The van der Waals surface area contributed by atoms with E-state index in [2.05, 4.69) is 22.4 Å². The number of fused-ring (bicyclic) bond motifs is 3. The SMILES string of the molecule is COC(=O)[C@H]1Cc2c([nH]c3ccccc23)C(c2ccc(Cl)cc2)N1. The van der Waals surface area contributed by atoms with E-state index in [9.17, 15) is 4.79 Å². The van der Waals surface area contributed by atoms with Gasteiger partial charge >= 0.3 is 5.97 Å². The Morgan fingerprint density at radius 1 is 1.17 bits per heavy atom. The van der Waals surface area contributed by atoms with Crippen molar-refractivity contribution in [3.8, 4) is 0 Å². The van der Waals surface area contributed by atoms with E-state index in [-0.39, 0.29) is 18.1 Å². The van der Waals surface area contributed by atoms with Gasteiger partial charge in [0.2, 0.25) is 0 Å². The summed E-state index contributed by atoms with van der Waals surface area (Å²) < 4.78 is 4.96. The zero-order valence-corrected chi connectivity index (χ0v) is 13.9. The van der Waals surface area contributed by atoms with Gasteiger partial charge in [0.15, 0.2) is 0 Å². The lowest BCUT2D eigenvalue weighted by molar-refractivity contribution is -0.143. The summed E-state index contributed by atoms with van der Waals surface area (Å²) in [7, 11) is 1.42. The fraction of sp³-hybridized carbons (Fsp3) is 0.211. The number of ether oxygens (including phenoxy) is 1. The van der Waals surface area contributed by atoms with E-state index >= 15 is 0 Å². The zero-order chi connectivity index (χ0) is 16.7. The summed E-state index contributed by atoms with van der Waals surface area (Å²) in [6.45, 7) is 0. The summed E-state index contributed by atoms with van der Waals surface area (Å²) in [5.41, 5.74) is 4.40. The first-order valence-electron chi connectivity index (χ1n) is 7.86. The van der Waals surface area contributed by atoms with Crippen molar-refractivity contribution >= 4 is 28.5 Å².